The van der Waals surface area contributed by atoms with E-state index in [2.05, 4.69) is 57.7 Å². The summed E-state index contributed by atoms with van der Waals surface area (Å²) < 4.78 is 1.19. The number of para-hydroxylation sites is 1. The highest BCUT2D eigenvalue weighted by Crippen LogP contribution is 2.38. The van der Waals surface area contributed by atoms with Crippen LogP contribution >= 0.6 is 11.3 Å². The number of carbonyl (C=O) groups is 1. The molecule has 29 heavy (non-hydrogen) atoms. The molecule has 1 amide bonds. The summed E-state index contributed by atoms with van der Waals surface area (Å²) in [5.74, 6) is 0.102. The molecule has 4 nitrogen and oxygen atoms in total. The monoisotopic (exact) mass is 397 g/mol. The van der Waals surface area contributed by atoms with Crippen molar-refractivity contribution in [1.82, 2.24) is 4.98 Å². The van der Waals surface area contributed by atoms with Gasteiger partial charge in [-0.3, -0.25) is 4.79 Å². The van der Waals surface area contributed by atoms with E-state index in [1.165, 1.54) is 27.0 Å². The van der Waals surface area contributed by atoms with Crippen molar-refractivity contribution in [2.24, 2.45) is 5.92 Å². The molecule has 0 atom stereocenters. The number of hydrogen-bond donors (Lipinski definition) is 1. The minimum absolute atomic E-state index is 0.00691. The number of thiazole rings is 1. The first kappa shape index (κ1) is 16.7. The molecule has 0 bridgehead atoms. The van der Waals surface area contributed by atoms with Crippen LogP contribution in [0.1, 0.15) is 11.1 Å². The molecular weight excluding hydrogens is 378 g/mol. The van der Waals surface area contributed by atoms with Crippen LogP contribution in [0.2, 0.25) is 0 Å². The molecular formula is C24H19N3OS. The predicted molar refractivity (Wildman–Crippen MR) is 119 cm³/mol. The molecule has 0 radical (unpaired) electrons. The van der Waals surface area contributed by atoms with Crippen molar-refractivity contribution < 1.29 is 4.79 Å². The second kappa shape index (κ2) is 6.42. The fourth-order valence-electron chi connectivity index (χ4n) is 4.26. The minimum atomic E-state index is 0.00691. The van der Waals surface area contributed by atoms with Gasteiger partial charge in [-0.05, 0) is 52.9 Å². The minimum Gasteiger partial charge on any atom is -0.346 e. The van der Waals surface area contributed by atoms with E-state index in [1.54, 1.807) is 11.3 Å². The van der Waals surface area contributed by atoms with Gasteiger partial charge in [0, 0.05) is 18.8 Å². The Balaban J connectivity index is 1.13. The fraction of sp³-hybridized carbons (Fsp3) is 0.167. The molecule has 6 rings (SSSR count). The van der Waals surface area contributed by atoms with Gasteiger partial charge in [-0.2, -0.15) is 0 Å². The standard InChI is InChI=1S/C24H19N3OS/c28-23(17-13-27(14-17)24-26-21-7-3-4-8-22(21)29-24)25-18-9-10-20-16(12-18)11-15-5-1-2-6-19(15)20/h1-10,12,17H,11,13-14H2,(H,25,28). The molecule has 1 N–H and O–H groups in total. The lowest BCUT2D eigenvalue weighted by Crippen LogP contribution is -2.52. The molecule has 1 aliphatic heterocycles. The van der Waals surface area contributed by atoms with Crippen LogP contribution in [0.5, 0.6) is 0 Å². The van der Waals surface area contributed by atoms with Gasteiger partial charge in [0.05, 0.1) is 16.1 Å². The molecule has 1 fully saturated rings. The van der Waals surface area contributed by atoms with Crippen LogP contribution in [-0.4, -0.2) is 24.0 Å². The quantitative estimate of drug-likeness (QED) is 0.469. The van der Waals surface area contributed by atoms with Crippen LogP contribution in [-0.2, 0) is 11.2 Å². The van der Waals surface area contributed by atoms with E-state index in [4.69, 9.17) is 0 Å². The van der Waals surface area contributed by atoms with Crippen LogP contribution in [0.3, 0.4) is 0 Å². The summed E-state index contributed by atoms with van der Waals surface area (Å²) in [6.45, 7) is 1.45. The van der Waals surface area contributed by atoms with E-state index >= 15 is 0 Å². The van der Waals surface area contributed by atoms with Crippen molar-refractivity contribution in [1.29, 1.82) is 0 Å². The number of fused-ring (bicyclic) bond motifs is 4. The summed E-state index contributed by atoms with van der Waals surface area (Å²) in [7, 11) is 0. The number of carbonyl (C=O) groups excluding carboxylic acids is 1. The molecule has 3 aromatic carbocycles. The van der Waals surface area contributed by atoms with Crippen molar-refractivity contribution in [3.8, 4) is 11.1 Å². The zero-order chi connectivity index (χ0) is 19.4. The SMILES string of the molecule is O=C(Nc1ccc2c(c1)Cc1ccccc1-2)C1CN(c2nc3ccccc3s2)C1. The van der Waals surface area contributed by atoms with Crippen molar-refractivity contribution in [2.45, 2.75) is 6.42 Å². The highest BCUT2D eigenvalue weighted by atomic mass is 32.1. The number of nitrogens with one attached hydrogen (secondary N) is 1. The predicted octanol–water partition coefficient (Wildman–Crippen LogP) is 4.94. The van der Waals surface area contributed by atoms with Crippen LogP contribution in [0.4, 0.5) is 10.8 Å². The Bertz CT molecular complexity index is 1220. The van der Waals surface area contributed by atoms with E-state index in [0.717, 1.165) is 35.8 Å². The van der Waals surface area contributed by atoms with Gasteiger partial charge < -0.3 is 10.2 Å². The second-order valence-electron chi connectivity index (χ2n) is 7.76. The number of aromatic nitrogens is 1. The number of benzene rings is 3. The maximum atomic E-state index is 12.7. The van der Waals surface area contributed by atoms with Crippen molar-refractivity contribution in [2.75, 3.05) is 23.3 Å². The third-order valence-corrected chi connectivity index (χ3v) is 6.96. The molecule has 0 spiro atoms. The summed E-state index contributed by atoms with van der Waals surface area (Å²) in [4.78, 5) is 19.6. The van der Waals surface area contributed by atoms with Crippen LogP contribution in [0, 0.1) is 5.92 Å². The van der Waals surface area contributed by atoms with Gasteiger partial charge in [-0.25, -0.2) is 4.98 Å². The Morgan fingerprint density at radius 1 is 0.966 bits per heavy atom. The number of rotatable bonds is 3. The van der Waals surface area contributed by atoms with Gasteiger partial charge in [0.1, 0.15) is 0 Å². The van der Waals surface area contributed by atoms with Crippen LogP contribution in [0.25, 0.3) is 21.3 Å². The highest BCUT2D eigenvalue weighted by Gasteiger charge is 2.34. The van der Waals surface area contributed by atoms with Gasteiger partial charge in [0.15, 0.2) is 5.13 Å². The Morgan fingerprint density at radius 2 is 1.76 bits per heavy atom. The van der Waals surface area contributed by atoms with E-state index in [9.17, 15) is 4.79 Å². The maximum Gasteiger partial charge on any atom is 0.231 e. The topological polar surface area (TPSA) is 45.2 Å². The molecule has 0 unspecified atom stereocenters. The third kappa shape index (κ3) is 2.81. The molecule has 1 aromatic heterocycles. The first-order valence-electron chi connectivity index (χ1n) is 9.87. The number of anilines is 2. The zero-order valence-corrected chi connectivity index (χ0v) is 16.6. The van der Waals surface area contributed by atoms with E-state index in [-0.39, 0.29) is 11.8 Å². The summed E-state index contributed by atoms with van der Waals surface area (Å²) >= 11 is 1.69. The second-order valence-corrected chi connectivity index (χ2v) is 8.77. The average Bonchev–Trinajstić information content (AvgIpc) is 3.27. The molecule has 5 heteroatoms. The van der Waals surface area contributed by atoms with E-state index in [1.807, 2.05) is 24.3 Å². The highest BCUT2D eigenvalue weighted by molar-refractivity contribution is 7.22. The van der Waals surface area contributed by atoms with Crippen molar-refractivity contribution in [3.05, 3.63) is 77.9 Å². The maximum absolute atomic E-state index is 12.7. The van der Waals surface area contributed by atoms with Gasteiger partial charge >= 0.3 is 0 Å². The van der Waals surface area contributed by atoms with Crippen molar-refractivity contribution in [3.63, 3.8) is 0 Å². The average molecular weight is 398 g/mol. The molecule has 1 aliphatic carbocycles. The van der Waals surface area contributed by atoms with Gasteiger partial charge in [0.25, 0.3) is 0 Å². The van der Waals surface area contributed by atoms with Crippen LogP contribution in [0.15, 0.2) is 66.7 Å². The smallest absolute Gasteiger partial charge is 0.231 e. The third-order valence-electron chi connectivity index (χ3n) is 5.87. The van der Waals surface area contributed by atoms with Gasteiger partial charge in [-0.1, -0.05) is 53.8 Å². The zero-order valence-electron chi connectivity index (χ0n) is 15.8. The Hall–Kier alpha value is -3.18. The van der Waals surface area contributed by atoms with Gasteiger partial charge in [0.2, 0.25) is 5.91 Å². The Morgan fingerprint density at radius 3 is 2.66 bits per heavy atom. The van der Waals surface area contributed by atoms with Crippen molar-refractivity contribution >= 4 is 38.3 Å². The van der Waals surface area contributed by atoms with Crippen LogP contribution < -0.4 is 10.2 Å². The Kier molecular flexibility index (Phi) is 3.71. The normalized spacial score (nSPS) is 15.1. The number of hydrogen-bond acceptors (Lipinski definition) is 4. The van der Waals surface area contributed by atoms with E-state index < -0.39 is 0 Å². The van der Waals surface area contributed by atoms with E-state index in [0.29, 0.717) is 0 Å². The summed E-state index contributed by atoms with van der Waals surface area (Å²) in [6, 6.07) is 22.9. The first-order valence-corrected chi connectivity index (χ1v) is 10.7. The summed E-state index contributed by atoms with van der Waals surface area (Å²) in [5.41, 5.74) is 7.15. The first-order chi connectivity index (χ1) is 14.2. The fourth-order valence-corrected chi connectivity index (χ4v) is 5.25. The molecule has 4 aromatic rings. The number of amides is 1. The Labute approximate surface area is 172 Å². The molecule has 2 aliphatic rings. The lowest BCUT2D eigenvalue weighted by Gasteiger charge is -2.37. The summed E-state index contributed by atoms with van der Waals surface area (Å²) in [6.07, 6.45) is 0.935. The summed E-state index contributed by atoms with van der Waals surface area (Å²) in [5, 5.41) is 4.12. The molecule has 1 saturated heterocycles. The lowest BCUT2D eigenvalue weighted by molar-refractivity contribution is -0.120. The molecule has 142 valence electrons. The largest absolute Gasteiger partial charge is 0.346 e. The molecule has 0 saturated carbocycles. The molecule has 2 heterocycles. The lowest BCUT2D eigenvalue weighted by atomic mass is 9.99. The van der Waals surface area contributed by atoms with Gasteiger partial charge in [-0.15, -0.1) is 0 Å². The number of nitrogens with zero attached hydrogens (tertiary/aromatic N) is 2.